The highest BCUT2D eigenvalue weighted by Gasteiger charge is 2.34. The molecule has 0 saturated heterocycles. The standard InChI is InChI=1S/C19H36N6O6.C11H6F3NO3/c1-11(2)9-13(25-18(30)31-19(3,4)5)15(27)23-10-14(26)24-12(16(28)29)7-6-8-22-17(20)21;12-11(13,14)7-4-9(16)18-8-3-5(10(15)17)1-2-6(7)8/h11-13H,6-10H2,1-5H3,(H,23,27)(H,24,26)(H,25,30)(H,28,29)(H4,20,21,22);1-4H,(H2,15,17)/t12-,13-;/m0./s1. The average Bonchev–Trinajstić information content (AvgIpc) is 2.94. The molecule has 1 aromatic heterocycles. The minimum atomic E-state index is -4.68. The fourth-order valence-electron chi connectivity index (χ4n) is 4.00. The van der Waals surface area contributed by atoms with E-state index in [0.717, 1.165) is 18.2 Å². The van der Waals surface area contributed by atoms with Crippen LogP contribution in [0.5, 0.6) is 0 Å². The Balaban J connectivity index is 0.000000558. The molecule has 0 aliphatic heterocycles. The zero-order chi connectivity index (χ0) is 37.7. The maximum atomic E-state index is 12.7. The van der Waals surface area contributed by atoms with Gasteiger partial charge in [0.2, 0.25) is 17.7 Å². The predicted molar refractivity (Wildman–Crippen MR) is 171 cm³/mol. The zero-order valence-electron chi connectivity index (χ0n) is 27.6. The van der Waals surface area contributed by atoms with Crippen molar-refractivity contribution in [1.82, 2.24) is 16.0 Å². The van der Waals surface area contributed by atoms with Gasteiger partial charge in [-0.25, -0.2) is 14.4 Å². The molecular formula is C30H42F3N7O9. The molecular weight excluding hydrogens is 659 g/mol. The number of guanidine groups is 1. The summed E-state index contributed by atoms with van der Waals surface area (Å²) < 4.78 is 47.8. The summed E-state index contributed by atoms with van der Waals surface area (Å²) in [5.74, 6) is -3.31. The smallest absolute Gasteiger partial charge is 0.417 e. The molecule has 0 unspecified atom stereocenters. The molecule has 0 aliphatic carbocycles. The molecule has 272 valence electrons. The number of ether oxygens (including phenoxy) is 1. The zero-order valence-corrected chi connectivity index (χ0v) is 27.6. The van der Waals surface area contributed by atoms with Crippen LogP contribution in [0.2, 0.25) is 0 Å². The number of hydrogen-bond donors (Lipinski definition) is 7. The highest BCUT2D eigenvalue weighted by atomic mass is 19.4. The number of amides is 4. The van der Waals surface area contributed by atoms with Crippen LogP contribution in [0.15, 0.2) is 38.5 Å². The highest BCUT2D eigenvalue weighted by Crippen LogP contribution is 2.33. The Hall–Kier alpha value is -5.36. The number of alkyl carbamates (subject to hydrolysis) is 1. The first-order valence-electron chi connectivity index (χ1n) is 14.8. The summed E-state index contributed by atoms with van der Waals surface area (Å²) in [5.41, 5.74) is 12.0. The molecule has 2 rings (SSSR count). The molecule has 0 aliphatic rings. The molecule has 1 heterocycles. The number of carboxylic acid groups (broad SMARTS) is 1. The van der Waals surface area contributed by atoms with Gasteiger partial charge in [0.05, 0.1) is 12.1 Å². The molecule has 0 fully saturated rings. The van der Waals surface area contributed by atoms with Crippen molar-refractivity contribution in [1.29, 1.82) is 0 Å². The predicted octanol–water partition coefficient (Wildman–Crippen LogP) is 1.58. The second kappa shape index (κ2) is 18.3. The van der Waals surface area contributed by atoms with E-state index >= 15 is 0 Å². The van der Waals surface area contributed by atoms with Crippen LogP contribution < -0.4 is 38.8 Å². The summed E-state index contributed by atoms with van der Waals surface area (Å²) >= 11 is 0. The number of hydrogen-bond acceptors (Lipinski definition) is 9. The molecule has 10 N–H and O–H groups in total. The summed E-state index contributed by atoms with van der Waals surface area (Å²) in [7, 11) is 0. The minimum absolute atomic E-state index is 0.0371. The number of primary amides is 1. The maximum Gasteiger partial charge on any atom is 0.417 e. The van der Waals surface area contributed by atoms with Gasteiger partial charge in [0.25, 0.3) is 0 Å². The Labute approximate surface area is 279 Å². The van der Waals surface area contributed by atoms with Crippen LogP contribution in [0, 0.1) is 5.92 Å². The topological polar surface area (TPSA) is 272 Å². The van der Waals surface area contributed by atoms with Crippen molar-refractivity contribution in [3.8, 4) is 0 Å². The molecule has 2 aromatic rings. The van der Waals surface area contributed by atoms with Crippen molar-refractivity contribution in [2.45, 2.75) is 77.7 Å². The quantitative estimate of drug-likeness (QED) is 0.0682. The van der Waals surface area contributed by atoms with Crippen molar-refractivity contribution in [3.63, 3.8) is 0 Å². The number of carboxylic acids is 1. The van der Waals surface area contributed by atoms with Crippen LogP contribution >= 0.6 is 0 Å². The van der Waals surface area contributed by atoms with Gasteiger partial charge in [-0.05, 0) is 64.2 Å². The van der Waals surface area contributed by atoms with E-state index in [9.17, 15) is 47.0 Å². The number of nitrogens with one attached hydrogen (secondary N) is 3. The van der Waals surface area contributed by atoms with Crippen LogP contribution in [0.4, 0.5) is 18.0 Å². The fourth-order valence-corrected chi connectivity index (χ4v) is 4.00. The lowest BCUT2D eigenvalue weighted by Crippen LogP contribution is -2.51. The van der Waals surface area contributed by atoms with Crippen molar-refractivity contribution in [2.75, 3.05) is 13.1 Å². The largest absolute Gasteiger partial charge is 0.480 e. The second-order valence-electron chi connectivity index (χ2n) is 12.0. The number of rotatable bonds is 13. The van der Waals surface area contributed by atoms with E-state index in [4.69, 9.17) is 21.9 Å². The summed E-state index contributed by atoms with van der Waals surface area (Å²) in [6.45, 7) is 8.64. The number of halogens is 3. The number of benzene rings is 1. The average molecular weight is 702 g/mol. The lowest BCUT2D eigenvalue weighted by Gasteiger charge is -2.24. The van der Waals surface area contributed by atoms with Crippen LogP contribution in [0.3, 0.4) is 0 Å². The van der Waals surface area contributed by atoms with Gasteiger partial charge in [0.1, 0.15) is 23.3 Å². The van der Waals surface area contributed by atoms with E-state index in [-0.39, 0.29) is 41.4 Å². The fraction of sp³-hybridized carbons (Fsp3) is 0.500. The maximum absolute atomic E-state index is 12.7. The van der Waals surface area contributed by atoms with E-state index in [0.29, 0.717) is 18.9 Å². The van der Waals surface area contributed by atoms with Crippen LogP contribution in [0.1, 0.15) is 69.8 Å². The Morgan fingerprint density at radius 2 is 1.63 bits per heavy atom. The monoisotopic (exact) mass is 701 g/mol. The lowest BCUT2D eigenvalue weighted by atomic mass is 10.0. The molecule has 0 spiro atoms. The van der Waals surface area contributed by atoms with E-state index < -0.39 is 71.4 Å². The van der Waals surface area contributed by atoms with E-state index in [1.54, 1.807) is 20.8 Å². The van der Waals surface area contributed by atoms with Gasteiger partial charge in [-0.1, -0.05) is 13.8 Å². The summed E-state index contributed by atoms with van der Waals surface area (Å²) in [4.78, 5) is 73.6. The number of fused-ring (bicyclic) bond motifs is 1. The summed E-state index contributed by atoms with van der Waals surface area (Å²) in [5, 5.41) is 16.2. The summed E-state index contributed by atoms with van der Waals surface area (Å²) in [6.07, 6.45) is -4.64. The van der Waals surface area contributed by atoms with Gasteiger partial charge in [-0.15, -0.1) is 0 Å². The first kappa shape index (κ1) is 41.7. The Morgan fingerprint density at radius 1 is 1.00 bits per heavy atom. The molecule has 16 nitrogen and oxygen atoms in total. The van der Waals surface area contributed by atoms with Crippen molar-refractivity contribution >= 4 is 46.7 Å². The third-order valence-corrected chi connectivity index (χ3v) is 6.05. The van der Waals surface area contributed by atoms with Crippen LogP contribution in [-0.2, 0) is 25.3 Å². The van der Waals surface area contributed by atoms with Gasteiger partial charge in [0.15, 0.2) is 5.96 Å². The number of aliphatic carboxylic acids is 1. The number of carbonyl (C=O) groups excluding carboxylic acids is 4. The second-order valence-corrected chi connectivity index (χ2v) is 12.0. The molecule has 0 radical (unpaired) electrons. The van der Waals surface area contributed by atoms with Crippen molar-refractivity contribution < 1.29 is 51.4 Å². The number of nitrogens with zero attached hydrogens (tertiary/aromatic N) is 1. The van der Waals surface area contributed by atoms with E-state index in [1.807, 2.05) is 13.8 Å². The first-order chi connectivity index (χ1) is 22.5. The SMILES string of the molecule is CC(C)C[C@H](NC(=O)OC(C)(C)C)C(=O)NCC(=O)N[C@@H](CCCN=C(N)N)C(=O)O.NC(=O)c1ccc2c(C(F)(F)F)cc(=O)oc2c1. The molecule has 1 aromatic carbocycles. The third kappa shape index (κ3) is 15.9. The first-order valence-corrected chi connectivity index (χ1v) is 14.8. The van der Waals surface area contributed by atoms with Crippen LogP contribution in [0.25, 0.3) is 11.0 Å². The molecule has 0 bridgehead atoms. The number of carbonyl (C=O) groups is 5. The van der Waals surface area contributed by atoms with E-state index in [2.05, 4.69) is 25.4 Å². The van der Waals surface area contributed by atoms with E-state index in [1.165, 1.54) is 0 Å². The normalized spacial score (nSPS) is 12.5. The third-order valence-electron chi connectivity index (χ3n) is 6.05. The van der Waals surface area contributed by atoms with Crippen LogP contribution in [-0.4, -0.2) is 71.6 Å². The van der Waals surface area contributed by atoms with Gasteiger partial charge < -0.3 is 47.4 Å². The van der Waals surface area contributed by atoms with Crippen molar-refractivity contribution in [3.05, 3.63) is 45.8 Å². The molecule has 2 atom stereocenters. The summed E-state index contributed by atoms with van der Waals surface area (Å²) in [6, 6.07) is 1.50. The van der Waals surface area contributed by atoms with Crippen molar-refractivity contribution in [2.24, 2.45) is 28.1 Å². The number of nitrogens with two attached hydrogens (primary N) is 3. The molecule has 19 heteroatoms. The van der Waals surface area contributed by atoms with Gasteiger partial charge in [0, 0.05) is 23.6 Å². The Bertz CT molecular complexity index is 1580. The highest BCUT2D eigenvalue weighted by molar-refractivity contribution is 5.97. The lowest BCUT2D eigenvalue weighted by molar-refractivity contribution is -0.142. The Morgan fingerprint density at radius 3 is 2.14 bits per heavy atom. The van der Waals surface area contributed by atoms with Gasteiger partial charge in [-0.2, -0.15) is 13.2 Å². The number of alkyl halides is 3. The molecule has 4 amide bonds. The van der Waals surface area contributed by atoms with Gasteiger partial charge >= 0.3 is 23.9 Å². The Kier molecular flexibility index (Phi) is 15.5. The van der Waals surface area contributed by atoms with Gasteiger partial charge in [-0.3, -0.25) is 19.4 Å². The molecule has 0 saturated carbocycles. The minimum Gasteiger partial charge on any atom is -0.480 e. The number of aliphatic imine (C=N–C) groups is 1. The molecule has 49 heavy (non-hydrogen) atoms.